The summed E-state index contributed by atoms with van der Waals surface area (Å²) in [5.74, 6) is 1.38. The molecule has 1 fully saturated rings. The summed E-state index contributed by atoms with van der Waals surface area (Å²) in [5, 5.41) is 0. The number of anilines is 2. The Hall–Kier alpha value is -2.50. The first kappa shape index (κ1) is 26.7. The highest BCUT2D eigenvalue weighted by molar-refractivity contribution is 7.92. The van der Waals surface area contributed by atoms with E-state index in [2.05, 4.69) is 14.5 Å². The summed E-state index contributed by atoms with van der Waals surface area (Å²) in [6, 6.07) is 8.39. The zero-order valence-corrected chi connectivity index (χ0v) is 20.8. The Morgan fingerprint density at radius 3 is 2.24 bits per heavy atom. The molecule has 1 aliphatic heterocycles. The third kappa shape index (κ3) is 6.99. The van der Waals surface area contributed by atoms with Crippen molar-refractivity contribution in [3.05, 3.63) is 51.2 Å². The van der Waals surface area contributed by atoms with Crippen LogP contribution in [0.1, 0.15) is 13.3 Å². The summed E-state index contributed by atoms with van der Waals surface area (Å²) < 4.78 is 34.1. The van der Waals surface area contributed by atoms with Crippen LogP contribution in [0.15, 0.2) is 39.9 Å². The molecule has 33 heavy (non-hydrogen) atoms. The molecule has 0 saturated carbocycles. The number of rotatable bonds is 9. The topological polar surface area (TPSA) is 106 Å². The van der Waals surface area contributed by atoms with E-state index < -0.39 is 10.0 Å². The predicted molar refractivity (Wildman–Crippen MR) is 132 cm³/mol. The van der Waals surface area contributed by atoms with Crippen molar-refractivity contribution in [3.8, 4) is 5.75 Å². The molecule has 0 spiro atoms. The first-order chi connectivity index (χ1) is 15.2. The van der Waals surface area contributed by atoms with E-state index in [0.717, 1.165) is 43.7 Å². The fourth-order valence-electron chi connectivity index (χ4n) is 3.57. The van der Waals surface area contributed by atoms with Crippen LogP contribution < -0.4 is 25.6 Å². The summed E-state index contributed by atoms with van der Waals surface area (Å²) in [5.41, 5.74) is -0.0906. The molecule has 184 valence electrons. The second-order valence-electron chi connectivity index (χ2n) is 7.80. The Bertz CT molecular complexity index is 1140. The summed E-state index contributed by atoms with van der Waals surface area (Å²) in [6.45, 7) is 6.21. The average molecular weight is 502 g/mol. The maximum atomic E-state index is 12.1. The van der Waals surface area contributed by atoms with Gasteiger partial charge < -0.3 is 9.64 Å². The predicted octanol–water partition coefficient (Wildman–Crippen LogP) is 0.859. The molecule has 0 atom stereocenters. The van der Waals surface area contributed by atoms with E-state index in [1.165, 1.54) is 17.7 Å². The number of halogens is 1. The first-order valence-corrected chi connectivity index (χ1v) is 12.3. The van der Waals surface area contributed by atoms with Crippen molar-refractivity contribution in [3.63, 3.8) is 0 Å². The molecule has 1 N–H and O–H groups in total. The molecule has 12 heteroatoms. The van der Waals surface area contributed by atoms with Crippen LogP contribution in [0.3, 0.4) is 0 Å². The maximum absolute atomic E-state index is 12.1. The number of nitrogens with zero attached hydrogens (tertiary/aromatic N) is 4. The van der Waals surface area contributed by atoms with E-state index in [-0.39, 0.29) is 29.4 Å². The number of aromatic nitrogens is 2. The largest absolute Gasteiger partial charge is 0.494 e. The Morgan fingerprint density at radius 2 is 1.64 bits per heavy atom. The van der Waals surface area contributed by atoms with E-state index in [0.29, 0.717) is 23.9 Å². The number of sulfonamides is 1. The van der Waals surface area contributed by atoms with Gasteiger partial charge in [0.1, 0.15) is 11.6 Å². The van der Waals surface area contributed by atoms with Gasteiger partial charge in [0.2, 0.25) is 10.0 Å². The highest BCUT2D eigenvalue weighted by Gasteiger charge is 2.20. The second kappa shape index (κ2) is 11.6. The van der Waals surface area contributed by atoms with Crippen molar-refractivity contribution in [2.75, 3.05) is 54.7 Å². The molecule has 0 amide bonds. The molecule has 0 unspecified atom stereocenters. The van der Waals surface area contributed by atoms with Gasteiger partial charge in [-0.25, -0.2) is 13.2 Å². The van der Waals surface area contributed by atoms with Crippen LogP contribution in [-0.4, -0.2) is 67.5 Å². The highest BCUT2D eigenvalue weighted by Crippen LogP contribution is 2.17. The van der Waals surface area contributed by atoms with Crippen molar-refractivity contribution in [1.82, 2.24) is 14.0 Å². The number of ether oxygens (including phenoxy) is 1. The van der Waals surface area contributed by atoms with Gasteiger partial charge in [-0.1, -0.05) is 0 Å². The average Bonchev–Trinajstić information content (AvgIpc) is 2.79. The summed E-state index contributed by atoms with van der Waals surface area (Å²) >= 11 is 0. The summed E-state index contributed by atoms with van der Waals surface area (Å²) in [4.78, 5) is 28.5. The van der Waals surface area contributed by atoms with Crippen LogP contribution in [0, 0.1) is 0 Å². The first-order valence-electron chi connectivity index (χ1n) is 10.7. The lowest BCUT2D eigenvalue weighted by molar-refractivity contribution is 0.224. The standard InChI is InChI=1S/C21H31N5O5S.ClH/c1-4-32(29,30)22-17-6-8-18(9-7-17)31-15-5-10-25-11-13-26(14-12-25)19-16-20(27)24(3)21(28)23(19)2;/h6-9,16,22H,4-5,10-15H2,1-3H3;1H. The Balaban J connectivity index is 0.00000385. The van der Waals surface area contributed by atoms with Crippen LogP contribution in [0.4, 0.5) is 11.5 Å². The smallest absolute Gasteiger partial charge is 0.332 e. The SMILES string of the molecule is CCS(=O)(=O)Nc1ccc(OCCCN2CCN(c3cc(=O)n(C)c(=O)n3C)CC2)cc1.Cl. The zero-order valence-electron chi connectivity index (χ0n) is 19.2. The monoisotopic (exact) mass is 501 g/mol. The van der Waals surface area contributed by atoms with Crippen molar-refractivity contribution in [1.29, 1.82) is 0 Å². The molecular weight excluding hydrogens is 470 g/mol. The molecule has 3 rings (SSSR count). The van der Waals surface area contributed by atoms with Crippen LogP contribution >= 0.6 is 12.4 Å². The van der Waals surface area contributed by atoms with Crippen LogP contribution in [-0.2, 0) is 24.1 Å². The lowest BCUT2D eigenvalue weighted by Gasteiger charge is -2.36. The molecule has 1 saturated heterocycles. The van der Waals surface area contributed by atoms with Crippen molar-refractivity contribution < 1.29 is 13.2 Å². The Labute approximate surface area is 200 Å². The van der Waals surface area contributed by atoms with Gasteiger partial charge in [0.25, 0.3) is 5.56 Å². The normalized spacial score (nSPS) is 14.6. The van der Waals surface area contributed by atoms with E-state index in [9.17, 15) is 18.0 Å². The van der Waals surface area contributed by atoms with Crippen LogP contribution in [0.25, 0.3) is 0 Å². The minimum Gasteiger partial charge on any atom is -0.494 e. The number of nitrogens with one attached hydrogen (secondary N) is 1. The zero-order chi connectivity index (χ0) is 23.3. The van der Waals surface area contributed by atoms with Crippen LogP contribution in [0.2, 0.25) is 0 Å². The molecule has 1 aliphatic rings. The minimum atomic E-state index is -3.28. The third-order valence-electron chi connectivity index (χ3n) is 5.59. The molecule has 1 aromatic carbocycles. The van der Waals surface area contributed by atoms with Gasteiger partial charge in [0.05, 0.1) is 12.4 Å². The molecule has 2 heterocycles. The number of benzene rings is 1. The fourth-order valence-corrected chi connectivity index (χ4v) is 4.21. The van der Waals surface area contributed by atoms with Gasteiger partial charge in [-0.3, -0.25) is 23.6 Å². The molecule has 2 aromatic rings. The van der Waals surface area contributed by atoms with Crippen molar-refractivity contribution in [2.24, 2.45) is 14.1 Å². The van der Waals surface area contributed by atoms with Crippen LogP contribution in [0.5, 0.6) is 5.75 Å². The van der Waals surface area contributed by atoms with E-state index >= 15 is 0 Å². The van der Waals surface area contributed by atoms with Gasteiger partial charge in [-0.2, -0.15) is 0 Å². The van der Waals surface area contributed by atoms with Crippen molar-refractivity contribution in [2.45, 2.75) is 13.3 Å². The highest BCUT2D eigenvalue weighted by atomic mass is 35.5. The molecular formula is C21H32ClN5O5S. The minimum absolute atomic E-state index is 0. The lowest BCUT2D eigenvalue weighted by atomic mass is 10.3. The summed E-state index contributed by atoms with van der Waals surface area (Å²) in [6.07, 6.45) is 0.856. The van der Waals surface area contributed by atoms with E-state index in [4.69, 9.17) is 4.74 Å². The Morgan fingerprint density at radius 1 is 1.00 bits per heavy atom. The van der Waals surface area contributed by atoms with Gasteiger partial charge in [-0.05, 0) is 37.6 Å². The number of hydrogen-bond acceptors (Lipinski definition) is 7. The molecule has 10 nitrogen and oxygen atoms in total. The third-order valence-corrected chi connectivity index (χ3v) is 6.90. The lowest BCUT2D eigenvalue weighted by Crippen LogP contribution is -2.49. The molecule has 0 bridgehead atoms. The Kier molecular flexibility index (Phi) is 9.38. The van der Waals surface area contributed by atoms with Gasteiger partial charge >= 0.3 is 5.69 Å². The quantitative estimate of drug-likeness (QED) is 0.508. The van der Waals surface area contributed by atoms with Gasteiger partial charge in [0, 0.05) is 58.6 Å². The number of hydrogen-bond donors (Lipinski definition) is 1. The fraction of sp³-hybridized carbons (Fsp3) is 0.524. The number of piperazine rings is 1. The van der Waals surface area contributed by atoms with Crippen molar-refractivity contribution >= 4 is 33.9 Å². The summed E-state index contributed by atoms with van der Waals surface area (Å²) in [7, 11) is -0.113. The maximum Gasteiger partial charge on any atom is 0.332 e. The van der Waals surface area contributed by atoms with Gasteiger partial charge in [0.15, 0.2) is 0 Å². The van der Waals surface area contributed by atoms with E-state index in [1.807, 2.05) is 0 Å². The molecule has 0 aliphatic carbocycles. The second-order valence-corrected chi connectivity index (χ2v) is 9.81. The molecule has 0 radical (unpaired) electrons. The van der Waals surface area contributed by atoms with Gasteiger partial charge in [-0.15, -0.1) is 12.4 Å². The molecule has 1 aromatic heterocycles. The van der Waals surface area contributed by atoms with E-state index in [1.54, 1.807) is 38.2 Å².